The lowest BCUT2D eigenvalue weighted by Gasteiger charge is -2.07. The lowest BCUT2D eigenvalue weighted by molar-refractivity contribution is -0.147. The van der Waals surface area contributed by atoms with Crippen molar-refractivity contribution in [1.29, 1.82) is 0 Å². The lowest BCUT2D eigenvalue weighted by atomic mass is 10.0. The highest BCUT2D eigenvalue weighted by Crippen LogP contribution is 2.30. The quantitative estimate of drug-likeness (QED) is 0.579. The van der Waals surface area contributed by atoms with E-state index in [1.807, 2.05) is 24.3 Å². The molecule has 0 unspecified atom stereocenters. The first-order valence-electron chi connectivity index (χ1n) is 10.2. The average Bonchev–Trinajstić information content (AvgIpc) is 3.37. The number of ether oxygens (including phenoxy) is 2. The highest BCUT2D eigenvalue weighted by atomic mass is 16.5. The predicted octanol–water partition coefficient (Wildman–Crippen LogP) is 3.37. The second kappa shape index (κ2) is 9.03. The molecule has 6 heteroatoms. The van der Waals surface area contributed by atoms with Crippen LogP contribution in [0.5, 0.6) is 5.75 Å². The van der Waals surface area contributed by atoms with Crippen molar-refractivity contribution in [2.45, 2.75) is 32.1 Å². The maximum atomic E-state index is 12.2. The average molecular weight is 407 g/mol. The van der Waals surface area contributed by atoms with Crippen LogP contribution in [0.4, 0.5) is 0 Å². The largest absolute Gasteiger partial charge is 0.497 e. The van der Waals surface area contributed by atoms with Gasteiger partial charge >= 0.3 is 5.97 Å². The molecule has 156 valence electrons. The van der Waals surface area contributed by atoms with E-state index in [1.165, 1.54) is 11.1 Å². The zero-order chi connectivity index (χ0) is 20.9. The van der Waals surface area contributed by atoms with Crippen LogP contribution in [0.2, 0.25) is 0 Å². The Kier molecular flexibility index (Phi) is 6.02. The summed E-state index contributed by atoms with van der Waals surface area (Å²) in [5.74, 6) is 0.0414. The SMILES string of the molecule is COc1ccc(CCNC(=O)COC(=O)Cc2coc3cc4c(cc23)CCC4)cc1. The number of fused-ring (bicyclic) bond motifs is 2. The van der Waals surface area contributed by atoms with Gasteiger partial charge in [0.2, 0.25) is 0 Å². The van der Waals surface area contributed by atoms with Crippen LogP contribution in [0, 0.1) is 0 Å². The summed E-state index contributed by atoms with van der Waals surface area (Å²) in [5.41, 5.74) is 5.35. The van der Waals surface area contributed by atoms with Gasteiger partial charge in [0.15, 0.2) is 6.61 Å². The minimum absolute atomic E-state index is 0.0882. The van der Waals surface area contributed by atoms with Gasteiger partial charge in [-0.3, -0.25) is 9.59 Å². The van der Waals surface area contributed by atoms with Gasteiger partial charge in [0.1, 0.15) is 11.3 Å². The number of carbonyl (C=O) groups is 2. The van der Waals surface area contributed by atoms with Gasteiger partial charge in [-0.2, -0.15) is 0 Å². The van der Waals surface area contributed by atoms with E-state index in [4.69, 9.17) is 13.9 Å². The molecule has 0 spiro atoms. The van der Waals surface area contributed by atoms with Crippen molar-refractivity contribution in [1.82, 2.24) is 5.32 Å². The van der Waals surface area contributed by atoms with Crippen LogP contribution < -0.4 is 10.1 Å². The Morgan fingerprint density at radius 3 is 2.63 bits per heavy atom. The summed E-state index contributed by atoms with van der Waals surface area (Å²) in [5, 5.41) is 3.72. The summed E-state index contributed by atoms with van der Waals surface area (Å²) >= 11 is 0. The van der Waals surface area contributed by atoms with Crippen LogP contribution in [0.15, 0.2) is 47.1 Å². The molecule has 1 amide bonds. The van der Waals surface area contributed by atoms with E-state index in [0.29, 0.717) is 13.0 Å². The number of methoxy groups -OCH3 is 1. The maximum Gasteiger partial charge on any atom is 0.310 e. The van der Waals surface area contributed by atoms with Crippen LogP contribution in [-0.4, -0.2) is 32.1 Å². The van der Waals surface area contributed by atoms with Gasteiger partial charge < -0.3 is 19.2 Å². The zero-order valence-corrected chi connectivity index (χ0v) is 17.0. The van der Waals surface area contributed by atoms with Crippen molar-refractivity contribution < 1.29 is 23.5 Å². The molecule has 0 bridgehead atoms. The third kappa shape index (κ3) is 4.64. The molecule has 0 fully saturated rings. The van der Waals surface area contributed by atoms with Crippen molar-refractivity contribution in [2.75, 3.05) is 20.3 Å². The summed E-state index contributed by atoms with van der Waals surface area (Å²) in [4.78, 5) is 24.1. The smallest absolute Gasteiger partial charge is 0.310 e. The van der Waals surface area contributed by atoms with E-state index in [0.717, 1.165) is 47.1 Å². The number of nitrogens with one attached hydrogen (secondary N) is 1. The summed E-state index contributed by atoms with van der Waals surface area (Å²) < 4.78 is 15.9. The second-order valence-electron chi connectivity index (χ2n) is 7.52. The number of benzene rings is 2. The van der Waals surface area contributed by atoms with Crippen LogP contribution in [0.1, 0.15) is 28.7 Å². The molecule has 6 nitrogen and oxygen atoms in total. The first kappa shape index (κ1) is 20.0. The molecule has 4 rings (SSSR count). The minimum Gasteiger partial charge on any atom is -0.497 e. The standard InChI is InChI=1S/C24H25NO5/c1-28-20-7-5-16(6-8-20)9-10-25-23(26)15-30-24(27)13-19-14-29-22-12-18-4-2-3-17(18)11-21(19)22/h5-8,11-12,14H,2-4,9-10,13,15H2,1H3,(H,25,26). The minimum atomic E-state index is -0.441. The van der Waals surface area contributed by atoms with Gasteiger partial charge in [-0.15, -0.1) is 0 Å². The third-order valence-electron chi connectivity index (χ3n) is 5.46. The molecule has 0 saturated carbocycles. The monoisotopic (exact) mass is 407 g/mol. The first-order valence-corrected chi connectivity index (χ1v) is 10.2. The van der Waals surface area contributed by atoms with E-state index in [2.05, 4.69) is 17.4 Å². The molecule has 1 aliphatic carbocycles. The van der Waals surface area contributed by atoms with E-state index in [1.54, 1.807) is 13.4 Å². The fourth-order valence-corrected chi connectivity index (χ4v) is 3.83. The third-order valence-corrected chi connectivity index (χ3v) is 5.46. The lowest BCUT2D eigenvalue weighted by Crippen LogP contribution is -2.30. The fraction of sp³-hybridized carbons (Fsp3) is 0.333. The molecule has 30 heavy (non-hydrogen) atoms. The Hall–Kier alpha value is -3.28. The predicted molar refractivity (Wildman–Crippen MR) is 113 cm³/mol. The zero-order valence-electron chi connectivity index (χ0n) is 17.0. The molecule has 0 radical (unpaired) electrons. The molecule has 0 aliphatic heterocycles. The fourth-order valence-electron chi connectivity index (χ4n) is 3.83. The molecule has 1 aliphatic rings. The van der Waals surface area contributed by atoms with Crippen LogP contribution in [0.25, 0.3) is 11.0 Å². The Balaban J connectivity index is 1.22. The molecule has 1 aromatic heterocycles. The van der Waals surface area contributed by atoms with Crippen molar-refractivity contribution in [3.63, 3.8) is 0 Å². The molecule has 0 atom stereocenters. The number of amides is 1. The number of carbonyl (C=O) groups excluding carboxylic acids is 2. The molecule has 0 saturated heterocycles. The number of hydrogen-bond donors (Lipinski definition) is 1. The molecule has 1 N–H and O–H groups in total. The number of rotatable bonds is 8. The van der Waals surface area contributed by atoms with Crippen molar-refractivity contribution in [3.8, 4) is 5.75 Å². The second-order valence-corrected chi connectivity index (χ2v) is 7.52. The van der Waals surface area contributed by atoms with E-state index >= 15 is 0 Å². The molecule has 1 heterocycles. The normalized spacial score (nSPS) is 12.6. The number of furan rings is 1. The van der Waals surface area contributed by atoms with Gasteiger partial charge in [0, 0.05) is 17.5 Å². The Morgan fingerprint density at radius 2 is 1.87 bits per heavy atom. The van der Waals surface area contributed by atoms with Gasteiger partial charge in [0.25, 0.3) is 5.91 Å². The van der Waals surface area contributed by atoms with Crippen LogP contribution in [0.3, 0.4) is 0 Å². The summed E-state index contributed by atoms with van der Waals surface area (Å²) in [7, 11) is 1.62. The Morgan fingerprint density at radius 1 is 1.10 bits per heavy atom. The highest BCUT2D eigenvalue weighted by Gasteiger charge is 2.17. The van der Waals surface area contributed by atoms with Crippen molar-refractivity contribution in [2.24, 2.45) is 0 Å². The Labute approximate surface area is 175 Å². The van der Waals surface area contributed by atoms with E-state index in [-0.39, 0.29) is 18.9 Å². The molecule has 3 aromatic rings. The van der Waals surface area contributed by atoms with E-state index in [9.17, 15) is 9.59 Å². The Bertz CT molecular complexity index is 1050. The molecule has 2 aromatic carbocycles. The molecular formula is C24H25NO5. The number of esters is 1. The maximum absolute atomic E-state index is 12.2. The van der Waals surface area contributed by atoms with Gasteiger partial charge in [-0.25, -0.2) is 0 Å². The van der Waals surface area contributed by atoms with Crippen LogP contribution >= 0.6 is 0 Å². The highest BCUT2D eigenvalue weighted by molar-refractivity contribution is 5.88. The van der Waals surface area contributed by atoms with Gasteiger partial charge in [0.05, 0.1) is 19.8 Å². The topological polar surface area (TPSA) is 77.8 Å². The summed E-state index contributed by atoms with van der Waals surface area (Å²) in [6.07, 6.45) is 5.69. The van der Waals surface area contributed by atoms with Gasteiger partial charge in [-0.1, -0.05) is 12.1 Å². The van der Waals surface area contributed by atoms with E-state index < -0.39 is 5.97 Å². The van der Waals surface area contributed by atoms with Crippen LogP contribution in [-0.2, 0) is 40.0 Å². The van der Waals surface area contributed by atoms with Crippen molar-refractivity contribution >= 4 is 22.8 Å². The first-order chi connectivity index (χ1) is 14.6. The number of hydrogen-bond acceptors (Lipinski definition) is 5. The summed E-state index contributed by atoms with van der Waals surface area (Å²) in [6, 6.07) is 11.9. The number of aryl methyl sites for hydroxylation is 2. The molecular weight excluding hydrogens is 382 g/mol. The van der Waals surface area contributed by atoms with Gasteiger partial charge in [-0.05, 0) is 66.6 Å². The van der Waals surface area contributed by atoms with Crippen molar-refractivity contribution in [3.05, 3.63) is 64.9 Å². The summed E-state index contributed by atoms with van der Waals surface area (Å²) in [6.45, 7) is 0.187.